The Kier molecular flexibility index (Phi) is 3.77. The van der Waals surface area contributed by atoms with Crippen molar-refractivity contribution < 1.29 is 4.79 Å². The molecule has 0 fully saturated rings. The zero-order chi connectivity index (χ0) is 15.0. The molecule has 9 heteroatoms. The first-order valence-corrected chi connectivity index (χ1v) is 7.17. The minimum Gasteiger partial charge on any atom is -0.334 e. The number of carbonyl (C=O) groups is 1. The average molecular weight is 327 g/mol. The fourth-order valence-corrected chi connectivity index (χ4v) is 2.64. The van der Waals surface area contributed by atoms with Crippen LogP contribution in [-0.4, -0.2) is 42.8 Å². The normalized spacial score (nSPS) is 13.3. The van der Waals surface area contributed by atoms with E-state index in [2.05, 4.69) is 20.4 Å². The molecule has 7 nitrogen and oxygen atoms in total. The molecule has 1 aliphatic heterocycles. The largest absolute Gasteiger partial charge is 0.334 e. The van der Waals surface area contributed by atoms with Crippen molar-refractivity contribution in [2.24, 2.45) is 0 Å². The van der Waals surface area contributed by atoms with Crippen LogP contribution in [0.4, 0.5) is 0 Å². The van der Waals surface area contributed by atoms with Gasteiger partial charge in [0.1, 0.15) is 5.82 Å². The van der Waals surface area contributed by atoms with E-state index in [0.717, 1.165) is 31.0 Å². The minimum atomic E-state index is -0.285. The Labute approximate surface area is 130 Å². The highest BCUT2D eigenvalue weighted by atomic mass is 35.5. The number of amides is 1. The molecule has 0 saturated carbocycles. The molecule has 3 heterocycles. The van der Waals surface area contributed by atoms with Gasteiger partial charge in [0.25, 0.3) is 5.91 Å². The van der Waals surface area contributed by atoms with Crippen LogP contribution in [0.2, 0.25) is 10.3 Å². The second-order valence-corrected chi connectivity index (χ2v) is 5.57. The predicted octanol–water partition coefficient (Wildman–Crippen LogP) is 1.59. The molecule has 2 aromatic heterocycles. The molecule has 0 aromatic carbocycles. The lowest BCUT2D eigenvalue weighted by atomic mass is 10.2. The van der Waals surface area contributed by atoms with Gasteiger partial charge in [0.05, 0.1) is 12.1 Å². The highest BCUT2D eigenvalue weighted by Gasteiger charge is 2.22. The molecular weight excluding hydrogens is 315 g/mol. The summed E-state index contributed by atoms with van der Waals surface area (Å²) in [6.07, 6.45) is 1.99. The standard InChI is InChI=1S/C12H12Cl2N6O/c1-19(6-10-17-16-9-3-2-4-20(9)10)12(21)7-5-8(13)15-18-11(7)14/h5H,2-4,6H2,1H3. The number of halogens is 2. The van der Waals surface area contributed by atoms with E-state index < -0.39 is 0 Å². The number of nitrogens with zero attached hydrogens (tertiary/aromatic N) is 6. The first kappa shape index (κ1) is 14.2. The van der Waals surface area contributed by atoms with Gasteiger partial charge in [0.2, 0.25) is 0 Å². The lowest BCUT2D eigenvalue weighted by Gasteiger charge is -2.17. The van der Waals surface area contributed by atoms with Gasteiger partial charge in [-0.15, -0.1) is 20.4 Å². The van der Waals surface area contributed by atoms with Gasteiger partial charge in [-0.25, -0.2) is 0 Å². The van der Waals surface area contributed by atoms with E-state index in [1.54, 1.807) is 7.05 Å². The Bertz CT molecular complexity index is 701. The maximum atomic E-state index is 12.4. The zero-order valence-electron chi connectivity index (χ0n) is 11.3. The fourth-order valence-electron chi connectivity index (χ4n) is 2.32. The first-order chi connectivity index (χ1) is 10.1. The summed E-state index contributed by atoms with van der Waals surface area (Å²) in [7, 11) is 1.67. The van der Waals surface area contributed by atoms with Crippen molar-refractivity contribution in [1.82, 2.24) is 29.9 Å². The van der Waals surface area contributed by atoms with Gasteiger partial charge in [-0.2, -0.15) is 0 Å². The number of rotatable bonds is 3. The zero-order valence-corrected chi connectivity index (χ0v) is 12.8. The third-order valence-corrected chi connectivity index (χ3v) is 3.82. The lowest BCUT2D eigenvalue weighted by Crippen LogP contribution is -2.28. The van der Waals surface area contributed by atoms with Crippen LogP contribution in [-0.2, 0) is 19.5 Å². The summed E-state index contributed by atoms with van der Waals surface area (Å²) in [4.78, 5) is 13.9. The maximum Gasteiger partial charge on any atom is 0.257 e. The minimum absolute atomic E-state index is 0.0303. The Hall–Kier alpha value is -1.73. The summed E-state index contributed by atoms with van der Waals surface area (Å²) >= 11 is 11.7. The van der Waals surface area contributed by atoms with Crippen LogP contribution < -0.4 is 0 Å². The van der Waals surface area contributed by atoms with Gasteiger partial charge >= 0.3 is 0 Å². The molecule has 2 aromatic rings. The molecule has 0 spiro atoms. The molecule has 0 aliphatic carbocycles. The average Bonchev–Trinajstić information content (AvgIpc) is 3.05. The summed E-state index contributed by atoms with van der Waals surface area (Å²) in [5.41, 5.74) is 0.223. The van der Waals surface area contributed by atoms with E-state index in [1.165, 1.54) is 11.0 Å². The molecule has 0 N–H and O–H groups in total. The summed E-state index contributed by atoms with van der Waals surface area (Å²) in [5, 5.41) is 15.6. The van der Waals surface area contributed by atoms with E-state index in [9.17, 15) is 4.79 Å². The highest BCUT2D eigenvalue weighted by Crippen LogP contribution is 2.19. The number of aryl methyl sites for hydroxylation is 1. The molecule has 0 bridgehead atoms. The smallest absolute Gasteiger partial charge is 0.257 e. The van der Waals surface area contributed by atoms with Gasteiger partial charge in [-0.05, 0) is 12.5 Å². The van der Waals surface area contributed by atoms with Crippen LogP contribution in [0.25, 0.3) is 0 Å². The van der Waals surface area contributed by atoms with Gasteiger partial charge < -0.3 is 9.47 Å². The van der Waals surface area contributed by atoms with Crippen molar-refractivity contribution in [1.29, 1.82) is 0 Å². The molecule has 110 valence electrons. The first-order valence-electron chi connectivity index (χ1n) is 6.41. The van der Waals surface area contributed by atoms with E-state index in [4.69, 9.17) is 23.2 Å². The lowest BCUT2D eigenvalue weighted by molar-refractivity contribution is 0.0779. The number of fused-ring (bicyclic) bond motifs is 1. The molecule has 1 amide bonds. The molecule has 0 atom stereocenters. The molecule has 1 aliphatic rings. The summed E-state index contributed by atoms with van der Waals surface area (Å²) in [5.74, 6) is 1.45. The molecule has 0 saturated heterocycles. The summed E-state index contributed by atoms with van der Waals surface area (Å²) < 4.78 is 2.04. The number of hydrogen-bond donors (Lipinski definition) is 0. The van der Waals surface area contributed by atoms with Crippen molar-refractivity contribution in [3.05, 3.63) is 33.6 Å². The van der Waals surface area contributed by atoms with Crippen molar-refractivity contribution >= 4 is 29.1 Å². The van der Waals surface area contributed by atoms with Crippen molar-refractivity contribution in [3.8, 4) is 0 Å². The molecule has 0 radical (unpaired) electrons. The van der Waals surface area contributed by atoms with Crippen LogP contribution in [0.5, 0.6) is 0 Å². The van der Waals surface area contributed by atoms with Gasteiger partial charge in [0.15, 0.2) is 16.1 Å². The van der Waals surface area contributed by atoms with Gasteiger partial charge in [-0.3, -0.25) is 4.79 Å². The third-order valence-electron chi connectivity index (χ3n) is 3.36. The Morgan fingerprint density at radius 2 is 2.14 bits per heavy atom. The van der Waals surface area contributed by atoms with Gasteiger partial charge in [-0.1, -0.05) is 23.2 Å². The monoisotopic (exact) mass is 326 g/mol. The number of carbonyl (C=O) groups excluding carboxylic acids is 1. The predicted molar refractivity (Wildman–Crippen MR) is 76.2 cm³/mol. The fraction of sp³-hybridized carbons (Fsp3) is 0.417. The van der Waals surface area contributed by atoms with Crippen LogP contribution in [0.1, 0.15) is 28.4 Å². The van der Waals surface area contributed by atoms with Crippen LogP contribution >= 0.6 is 23.2 Å². The molecular formula is C12H12Cl2N6O. The maximum absolute atomic E-state index is 12.4. The van der Waals surface area contributed by atoms with Crippen molar-refractivity contribution in [2.75, 3.05) is 7.05 Å². The van der Waals surface area contributed by atoms with Crippen LogP contribution in [0.15, 0.2) is 6.07 Å². The van der Waals surface area contributed by atoms with E-state index >= 15 is 0 Å². The van der Waals surface area contributed by atoms with Crippen LogP contribution in [0, 0.1) is 0 Å². The summed E-state index contributed by atoms with van der Waals surface area (Å²) in [6, 6.07) is 1.41. The highest BCUT2D eigenvalue weighted by molar-refractivity contribution is 6.34. The second-order valence-electron chi connectivity index (χ2n) is 4.82. The van der Waals surface area contributed by atoms with Crippen molar-refractivity contribution in [3.63, 3.8) is 0 Å². The summed E-state index contributed by atoms with van der Waals surface area (Å²) in [6.45, 7) is 1.24. The SMILES string of the molecule is CN(Cc1nnc2n1CCC2)C(=O)c1cc(Cl)nnc1Cl. The Morgan fingerprint density at radius 1 is 1.33 bits per heavy atom. The van der Waals surface area contributed by atoms with E-state index in [0.29, 0.717) is 6.54 Å². The molecule has 21 heavy (non-hydrogen) atoms. The topological polar surface area (TPSA) is 76.8 Å². The molecule has 3 rings (SSSR count). The second kappa shape index (κ2) is 5.57. The molecule has 0 unspecified atom stereocenters. The van der Waals surface area contributed by atoms with Crippen LogP contribution in [0.3, 0.4) is 0 Å². The quantitative estimate of drug-likeness (QED) is 0.856. The number of aromatic nitrogens is 5. The Morgan fingerprint density at radius 3 is 2.95 bits per heavy atom. The van der Waals surface area contributed by atoms with Crippen molar-refractivity contribution in [2.45, 2.75) is 25.9 Å². The number of hydrogen-bond acceptors (Lipinski definition) is 5. The van der Waals surface area contributed by atoms with Gasteiger partial charge in [0, 0.05) is 20.0 Å². The van der Waals surface area contributed by atoms with E-state index in [-0.39, 0.29) is 21.8 Å². The third kappa shape index (κ3) is 2.71. The Balaban J connectivity index is 1.80. The van der Waals surface area contributed by atoms with E-state index in [1.807, 2.05) is 4.57 Å².